The summed E-state index contributed by atoms with van der Waals surface area (Å²) >= 11 is 1.02. The van der Waals surface area contributed by atoms with E-state index in [-0.39, 0.29) is 60.7 Å². The molecule has 0 spiro atoms. The summed E-state index contributed by atoms with van der Waals surface area (Å²) in [5.41, 5.74) is -0.389. The highest BCUT2D eigenvalue weighted by Gasteiger charge is 2.50. The number of hydrogen-bond acceptors (Lipinski definition) is 12. The standard InChI is InChI=1S/C25H37N5O9S/c1-13(2)10-35-21(33)25(8-14(3)37-15(4)9-25)39-29-18(20(32)26-16-11-36-30-19(16)31)17-12-40-22(27-17)28-23(34)38-24(5,6)7/h12-16H,8-11H2,1-7H3,(H,26,32)(H,30,31)(H,27,28,34)/b29-18-/t14-,15-,16+/m1/s1. The molecule has 3 heterocycles. The van der Waals surface area contributed by atoms with Crippen molar-refractivity contribution in [1.29, 1.82) is 0 Å². The van der Waals surface area contributed by atoms with Gasteiger partial charge in [0, 0.05) is 18.2 Å². The van der Waals surface area contributed by atoms with Crippen molar-refractivity contribution in [3.8, 4) is 0 Å². The summed E-state index contributed by atoms with van der Waals surface area (Å²) in [5.74, 6) is -1.88. The molecule has 0 saturated carbocycles. The monoisotopic (exact) mass is 583 g/mol. The maximum absolute atomic E-state index is 13.3. The number of anilines is 1. The molecule has 0 bridgehead atoms. The first-order chi connectivity index (χ1) is 18.7. The Morgan fingerprint density at radius 1 is 1.25 bits per heavy atom. The topological polar surface area (TPSA) is 176 Å². The number of hydroxylamine groups is 1. The quantitative estimate of drug-likeness (QED) is 0.222. The predicted molar refractivity (Wildman–Crippen MR) is 143 cm³/mol. The van der Waals surface area contributed by atoms with Crippen LogP contribution in [0.5, 0.6) is 0 Å². The molecule has 15 heteroatoms. The number of oxime groups is 1. The molecule has 3 amide bonds. The molecule has 14 nitrogen and oxygen atoms in total. The minimum Gasteiger partial charge on any atom is -0.462 e. The van der Waals surface area contributed by atoms with Crippen molar-refractivity contribution < 1.29 is 43.1 Å². The van der Waals surface area contributed by atoms with E-state index in [0.717, 1.165) is 11.3 Å². The molecule has 1 aromatic heterocycles. The largest absolute Gasteiger partial charge is 0.462 e. The summed E-state index contributed by atoms with van der Waals surface area (Å²) in [6.07, 6.45) is -1.18. The van der Waals surface area contributed by atoms with Gasteiger partial charge in [0.15, 0.2) is 10.8 Å². The van der Waals surface area contributed by atoms with Crippen molar-refractivity contribution in [2.45, 2.75) is 90.8 Å². The summed E-state index contributed by atoms with van der Waals surface area (Å²) < 4.78 is 16.6. The van der Waals surface area contributed by atoms with Gasteiger partial charge in [0.1, 0.15) is 23.9 Å². The predicted octanol–water partition coefficient (Wildman–Crippen LogP) is 2.28. The van der Waals surface area contributed by atoms with E-state index < -0.39 is 41.1 Å². The SMILES string of the molecule is CC(C)COC(=O)C1(O/N=C(\C(=O)N[C@H]2CONC2=O)c2csc(NC(=O)OC(C)(C)C)n2)C[C@@H](C)O[C@H](C)C1. The van der Waals surface area contributed by atoms with Crippen molar-refractivity contribution in [3.05, 3.63) is 11.1 Å². The Morgan fingerprint density at radius 2 is 1.93 bits per heavy atom. The van der Waals surface area contributed by atoms with Crippen molar-refractivity contribution in [1.82, 2.24) is 15.8 Å². The minimum atomic E-state index is -1.53. The first-order valence-corrected chi connectivity index (χ1v) is 13.8. The molecule has 1 aromatic rings. The zero-order chi connectivity index (χ0) is 29.7. The van der Waals surface area contributed by atoms with Gasteiger partial charge in [0.25, 0.3) is 11.8 Å². The lowest BCUT2D eigenvalue weighted by Crippen LogP contribution is -2.52. The average molecular weight is 584 g/mol. The first-order valence-electron chi connectivity index (χ1n) is 12.9. The molecular formula is C25H37N5O9S. The highest BCUT2D eigenvalue weighted by Crippen LogP contribution is 2.34. The Kier molecular flexibility index (Phi) is 10.1. The average Bonchev–Trinajstić information content (AvgIpc) is 3.44. The van der Waals surface area contributed by atoms with Gasteiger partial charge in [-0.25, -0.2) is 20.1 Å². The summed E-state index contributed by atoms with van der Waals surface area (Å²) in [5, 5.41) is 10.7. The Hall–Kier alpha value is -3.30. The van der Waals surface area contributed by atoms with Crippen LogP contribution in [0.2, 0.25) is 0 Å². The summed E-state index contributed by atoms with van der Waals surface area (Å²) in [6, 6.07) is -0.983. The van der Waals surface area contributed by atoms with E-state index in [4.69, 9.17) is 23.9 Å². The summed E-state index contributed by atoms with van der Waals surface area (Å²) in [7, 11) is 0. The van der Waals surface area contributed by atoms with E-state index in [2.05, 4.69) is 26.3 Å². The molecule has 0 unspecified atom stereocenters. The molecule has 2 fully saturated rings. The van der Waals surface area contributed by atoms with Gasteiger partial charge in [-0.05, 0) is 40.5 Å². The van der Waals surface area contributed by atoms with Gasteiger partial charge in [-0.1, -0.05) is 19.0 Å². The Balaban J connectivity index is 1.92. The number of esters is 1. The number of rotatable bonds is 9. The van der Waals surface area contributed by atoms with E-state index in [1.807, 2.05) is 13.8 Å². The third kappa shape index (κ3) is 8.60. The second-order valence-electron chi connectivity index (χ2n) is 11.2. The van der Waals surface area contributed by atoms with Gasteiger partial charge >= 0.3 is 12.1 Å². The van der Waals surface area contributed by atoms with Gasteiger partial charge in [0.05, 0.1) is 18.8 Å². The number of hydrogen-bond donors (Lipinski definition) is 3. The maximum atomic E-state index is 13.3. The fourth-order valence-corrected chi connectivity index (χ4v) is 4.68. The first kappa shape index (κ1) is 31.2. The lowest BCUT2D eigenvalue weighted by atomic mass is 9.87. The fourth-order valence-electron chi connectivity index (χ4n) is 4.00. The zero-order valence-corrected chi connectivity index (χ0v) is 24.5. The van der Waals surface area contributed by atoms with Crippen LogP contribution in [0.1, 0.15) is 67.0 Å². The van der Waals surface area contributed by atoms with Gasteiger partial charge in [-0.2, -0.15) is 0 Å². The van der Waals surface area contributed by atoms with Crippen LogP contribution in [0.4, 0.5) is 9.93 Å². The molecule has 0 aromatic carbocycles. The lowest BCUT2D eigenvalue weighted by molar-refractivity contribution is -0.200. The molecule has 2 aliphatic heterocycles. The zero-order valence-electron chi connectivity index (χ0n) is 23.7. The molecular weight excluding hydrogens is 546 g/mol. The number of thiazole rings is 1. The summed E-state index contributed by atoms with van der Waals surface area (Å²) in [4.78, 5) is 65.8. The molecule has 0 radical (unpaired) electrons. The normalized spacial score (nSPS) is 25.2. The van der Waals surface area contributed by atoms with E-state index in [1.165, 1.54) is 5.38 Å². The minimum absolute atomic E-state index is 0.0340. The van der Waals surface area contributed by atoms with Gasteiger partial charge in [-0.15, -0.1) is 11.3 Å². The smallest absolute Gasteiger partial charge is 0.413 e. The van der Waals surface area contributed by atoms with Crippen LogP contribution in [-0.4, -0.2) is 77.2 Å². The molecule has 3 rings (SSSR count). The van der Waals surface area contributed by atoms with Crippen LogP contribution in [0, 0.1) is 5.92 Å². The Labute approximate surface area is 236 Å². The number of nitrogens with zero attached hydrogens (tertiary/aromatic N) is 2. The van der Waals surface area contributed by atoms with Gasteiger partial charge in [-0.3, -0.25) is 19.7 Å². The van der Waals surface area contributed by atoms with Crippen LogP contribution in [0.25, 0.3) is 0 Å². The Bertz CT molecular complexity index is 1120. The number of aromatic nitrogens is 1. The van der Waals surface area contributed by atoms with Crippen LogP contribution < -0.4 is 16.1 Å². The molecule has 40 heavy (non-hydrogen) atoms. The van der Waals surface area contributed by atoms with E-state index in [0.29, 0.717) is 0 Å². The third-order valence-electron chi connectivity index (χ3n) is 5.54. The fraction of sp³-hybridized carbons (Fsp3) is 0.680. The van der Waals surface area contributed by atoms with Crippen LogP contribution >= 0.6 is 11.3 Å². The van der Waals surface area contributed by atoms with Gasteiger partial charge in [0.2, 0.25) is 5.60 Å². The molecule has 0 aliphatic carbocycles. The second-order valence-corrected chi connectivity index (χ2v) is 12.0. The molecule has 3 atom stereocenters. The molecule has 2 aliphatic rings. The van der Waals surface area contributed by atoms with E-state index in [1.54, 1.807) is 34.6 Å². The highest BCUT2D eigenvalue weighted by molar-refractivity contribution is 7.14. The van der Waals surface area contributed by atoms with Crippen LogP contribution in [0.15, 0.2) is 10.5 Å². The second kappa shape index (κ2) is 12.9. The number of carbonyl (C=O) groups is 4. The number of ether oxygens (including phenoxy) is 3. The maximum Gasteiger partial charge on any atom is 0.413 e. The van der Waals surface area contributed by atoms with Gasteiger partial charge < -0.3 is 24.4 Å². The molecule has 2 saturated heterocycles. The van der Waals surface area contributed by atoms with Crippen LogP contribution in [-0.2, 0) is 38.3 Å². The van der Waals surface area contributed by atoms with E-state index >= 15 is 0 Å². The Morgan fingerprint density at radius 3 is 2.50 bits per heavy atom. The molecule has 222 valence electrons. The summed E-state index contributed by atoms with van der Waals surface area (Å²) in [6.45, 7) is 12.6. The van der Waals surface area contributed by atoms with Crippen molar-refractivity contribution >= 4 is 46.1 Å². The van der Waals surface area contributed by atoms with Crippen LogP contribution in [0.3, 0.4) is 0 Å². The third-order valence-corrected chi connectivity index (χ3v) is 6.30. The number of amides is 3. The van der Waals surface area contributed by atoms with Crippen molar-refractivity contribution in [2.75, 3.05) is 18.5 Å². The highest BCUT2D eigenvalue weighted by atomic mass is 32.1. The number of carbonyl (C=O) groups excluding carboxylic acids is 4. The van der Waals surface area contributed by atoms with Crippen molar-refractivity contribution in [2.24, 2.45) is 11.1 Å². The lowest BCUT2D eigenvalue weighted by Gasteiger charge is -2.38. The van der Waals surface area contributed by atoms with Crippen molar-refractivity contribution in [3.63, 3.8) is 0 Å². The number of nitrogens with one attached hydrogen (secondary N) is 3. The molecule has 3 N–H and O–H groups in total. The van der Waals surface area contributed by atoms with E-state index in [9.17, 15) is 19.2 Å².